The van der Waals surface area contributed by atoms with Gasteiger partial charge >= 0.3 is 0 Å². The average Bonchev–Trinajstić information content (AvgIpc) is 2.75. The lowest BCUT2D eigenvalue weighted by Crippen LogP contribution is -2.21. The summed E-state index contributed by atoms with van der Waals surface area (Å²) >= 11 is 3.44. The quantitative estimate of drug-likeness (QED) is 0.939. The van der Waals surface area contributed by atoms with Crippen LogP contribution in [0.1, 0.15) is 17.3 Å². The number of nitrogens with one attached hydrogen (secondary N) is 1. The molecule has 0 saturated carbocycles. The molecule has 0 aliphatic carbocycles. The summed E-state index contributed by atoms with van der Waals surface area (Å²) < 4.78 is 2.91. The van der Waals surface area contributed by atoms with Crippen LogP contribution in [0.2, 0.25) is 0 Å². The molecular formula is C12H15BrN4. The van der Waals surface area contributed by atoms with Crippen molar-refractivity contribution in [3.63, 3.8) is 0 Å². The topological polar surface area (TPSA) is 42.7 Å². The zero-order valence-electron chi connectivity index (χ0n) is 9.89. The van der Waals surface area contributed by atoms with Crippen LogP contribution in [-0.2, 0) is 13.5 Å². The summed E-state index contributed by atoms with van der Waals surface area (Å²) in [5.41, 5.74) is 2.38. The van der Waals surface area contributed by atoms with Crippen LogP contribution in [0.3, 0.4) is 0 Å². The molecule has 0 saturated heterocycles. The van der Waals surface area contributed by atoms with Gasteiger partial charge in [-0.25, -0.2) is 0 Å². The first-order valence-electron chi connectivity index (χ1n) is 5.47. The molecule has 1 aromatic carbocycles. The van der Waals surface area contributed by atoms with Crippen LogP contribution < -0.4 is 5.32 Å². The Morgan fingerprint density at radius 2 is 2.06 bits per heavy atom. The highest BCUT2D eigenvalue weighted by Crippen LogP contribution is 2.18. The lowest BCUT2D eigenvalue weighted by Gasteiger charge is -2.15. The molecule has 5 heteroatoms. The van der Waals surface area contributed by atoms with Gasteiger partial charge in [-0.2, -0.15) is 0 Å². The predicted molar refractivity (Wildman–Crippen MR) is 70.6 cm³/mol. The predicted octanol–water partition coefficient (Wildman–Crippen LogP) is 2.08. The molecule has 0 aliphatic rings. The van der Waals surface area contributed by atoms with E-state index < -0.39 is 0 Å². The van der Waals surface area contributed by atoms with Gasteiger partial charge in [0, 0.05) is 11.5 Å². The highest BCUT2D eigenvalue weighted by atomic mass is 79.9. The second kappa shape index (κ2) is 5.42. The Balaban J connectivity index is 2.16. The molecule has 1 N–H and O–H groups in total. The maximum Gasteiger partial charge on any atom is 0.0756 e. The van der Waals surface area contributed by atoms with Gasteiger partial charge in [-0.05, 0) is 31.2 Å². The third kappa shape index (κ3) is 2.92. The van der Waals surface area contributed by atoms with Crippen LogP contribution in [0.25, 0.3) is 0 Å². The van der Waals surface area contributed by atoms with Crippen LogP contribution in [0.5, 0.6) is 0 Å². The summed E-state index contributed by atoms with van der Waals surface area (Å²) in [7, 11) is 3.87. The van der Waals surface area contributed by atoms with Gasteiger partial charge in [-0.3, -0.25) is 4.68 Å². The number of aryl methyl sites for hydroxylation is 1. The van der Waals surface area contributed by atoms with Gasteiger partial charge in [-0.15, -0.1) is 5.10 Å². The van der Waals surface area contributed by atoms with E-state index in [2.05, 4.69) is 55.8 Å². The molecule has 0 aliphatic heterocycles. The molecule has 0 radical (unpaired) electrons. The number of rotatable bonds is 4. The molecule has 90 valence electrons. The first-order chi connectivity index (χ1) is 8.20. The minimum absolute atomic E-state index is 0.233. The molecule has 17 heavy (non-hydrogen) atoms. The van der Waals surface area contributed by atoms with Crippen LogP contribution in [0, 0.1) is 0 Å². The van der Waals surface area contributed by atoms with Crippen molar-refractivity contribution in [2.24, 2.45) is 7.05 Å². The van der Waals surface area contributed by atoms with Crippen LogP contribution in [-0.4, -0.2) is 22.0 Å². The van der Waals surface area contributed by atoms with Crippen LogP contribution in [0.15, 0.2) is 34.9 Å². The number of nitrogens with zero attached hydrogens (tertiary/aromatic N) is 3. The van der Waals surface area contributed by atoms with Crippen LogP contribution in [0.4, 0.5) is 0 Å². The second-order valence-electron chi connectivity index (χ2n) is 3.95. The molecule has 2 aromatic rings. The van der Waals surface area contributed by atoms with E-state index in [-0.39, 0.29) is 6.04 Å². The first kappa shape index (κ1) is 12.3. The van der Waals surface area contributed by atoms with E-state index in [1.807, 2.05) is 14.1 Å². The summed E-state index contributed by atoms with van der Waals surface area (Å²) in [5.74, 6) is 0. The Morgan fingerprint density at radius 1 is 1.35 bits per heavy atom. The van der Waals surface area contributed by atoms with Crippen molar-refractivity contribution >= 4 is 15.9 Å². The zero-order valence-corrected chi connectivity index (χ0v) is 11.5. The Bertz CT molecular complexity index is 478. The van der Waals surface area contributed by atoms with E-state index in [1.165, 1.54) is 5.56 Å². The van der Waals surface area contributed by atoms with E-state index in [1.54, 1.807) is 10.9 Å². The smallest absolute Gasteiger partial charge is 0.0756 e. The SMILES string of the molecule is CNC(Cc1ccc(Br)cc1)c1cnnn1C. The fourth-order valence-electron chi connectivity index (χ4n) is 1.82. The standard InChI is InChI=1S/C12H15BrN4/c1-14-11(12-8-15-16-17(12)2)7-9-3-5-10(13)6-4-9/h3-6,8,11,14H,7H2,1-2H3. The van der Waals surface area contributed by atoms with Gasteiger partial charge in [0.25, 0.3) is 0 Å². The van der Waals surface area contributed by atoms with Gasteiger partial charge in [0.15, 0.2) is 0 Å². The number of aromatic nitrogens is 3. The van der Waals surface area contributed by atoms with Gasteiger partial charge in [-0.1, -0.05) is 33.3 Å². The monoisotopic (exact) mass is 294 g/mol. The van der Waals surface area contributed by atoms with Gasteiger partial charge < -0.3 is 5.32 Å². The number of hydrogen-bond acceptors (Lipinski definition) is 3. The van der Waals surface area contributed by atoms with Crippen molar-refractivity contribution in [2.45, 2.75) is 12.5 Å². The Hall–Kier alpha value is -1.20. The molecule has 0 bridgehead atoms. The minimum atomic E-state index is 0.233. The molecule has 1 unspecified atom stereocenters. The number of hydrogen-bond donors (Lipinski definition) is 1. The summed E-state index contributed by atoms with van der Waals surface area (Å²) in [6.07, 6.45) is 2.73. The molecule has 1 heterocycles. The minimum Gasteiger partial charge on any atom is -0.311 e. The second-order valence-corrected chi connectivity index (χ2v) is 4.87. The molecule has 0 spiro atoms. The molecule has 0 amide bonds. The van der Waals surface area contributed by atoms with Crippen molar-refractivity contribution in [1.82, 2.24) is 20.3 Å². The number of benzene rings is 1. The van der Waals surface area contributed by atoms with E-state index in [4.69, 9.17) is 0 Å². The molecule has 4 nitrogen and oxygen atoms in total. The van der Waals surface area contributed by atoms with Crippen molar-refractivity contribution in [3.8, 4) is 0 Å². The van der Waals surface area contributed by atoms with E-state index in [0.717, 1.165) is 16.6 Å². The highest BCUT2D eigenvalue weighted by Gasteiger charge is 2.14. The molecule has 2 rings (SSSR count). The van der Waals surface area contributed by atoms with Gasteiger partial charge in [0.2, 0.25) is 0 Å². The van der Waals surface area contributed by atoms with Crippen LogP contribution >= 0.6 is 15.9 Å². The maximum atomic E-state index is 3.96. The van der Waals surface area contributed by atoms with Crippen molar-refractivity contribution in [3.05, 3.63) is 46.2 Å². The summed E-state index contributed by atoms with van der Waals surface area (Å²) in [5, 5.41) is 11.2. The highest BCUT2D eigenvalue weighted by molar-refractivity contribution is 9.10. The van der Waals surface area contributed by atoms with Crippen molar-refractivity contribution in [1.29, 1.82) is 0 Å². The van der Waals surface area contributed by atoms with Crippen molar-refractivity contribution in [2.75, 3.05) is 7.05 Å². The van der Waals surface area contributed by atoms with Gasteiger partial charge in [0.05, 0.1) is 17.9 Å². The lowest BCUT2D eigenvalue weighted by atomic mass is 10.0. The van der Waals surface area contributed by atoms with E-state index in [9.17, 15) is 0 Å². The summed E-state index contributed by atoms with van der Waals surface area (Å²) in [6, 6.07) is 8.60. The Morgan fingerprint density at radius 3 is 2.59 bits per heavy atom. The summed E-state index contributed by atoms with van der Waals surface area (Å²) in [4.78, 5) is 0. The fraction of sp³-hybridized carbons (Fsp3) is 0.333. The molecular weight excluding hydrogens is 280 g/mol. The third-order valence-electron chi connectivity index (χ3n) is 2.81. The zero-order chi connectivity index (χ0) is 12.3. The third-order valence-corrected chi connectivity index (χ3v) is 3.34. The molecule has 1 atom stereocenters. The normalized spacial score (nSPS) is 12.6. The average molecular weight is 295 g/mol. The Kier molecular flexibility index (Phi) is 3.91. The lowest BCUT2D eigenvalue weighted by molar-refractivity contribution is 0.534. The Labute approximate surface area is 109 Å². The van der Waals surface area contributed by atoms with Gasteiger partial charge in [0.1, 0.15) is 0 Å². The van der Waals surface area contributed by atoms with E-state index in [0.29, 0.717) is 0 Å². The molecule has 1 aromatic heterocycles. The first-order valence-corrected chi connectivity index (χ1v) is 6.26. The summed E-state index contributed by atoms with van der Waals surface area (Å²) in [6.45, 7) is 0. The number of likely N-dealkylation sites (N-methyl/N-ethyl adjacent to an activating group) is 1. The molecule has 0 fully saturated rings. The maximum absolute atomic E-state index is 3.96. The van der Waals surface area contributed by atoms with Crippen molar-refractivity contribution < 1.29 is 0 Å². The number of halogens is 1. The largest absolute Gasteiger partial charge is 0.311 e. The fourth-order valence-corrected chi connectivity index (χ4v) is 2.09. The van der Waals surface area contributed by atoms with E-state index >= 15 is 0 Å².